The minimum atomic E-state index is -4.48. The fraction of sp³-hybridized carbons (Fsp3) is 0.500. The van der Waals surface area contributed by atoms with Gasteiger partial charge in [-0.05, 0) is 24.6 Å². The standard InChI is InChI=1S/C14H17F3N2O2/c1-9-8-19(6-5-18-9)12(13(20)21)10-3-2-4-11(7-10)14(15,16)17/h2-4,7,9,12,18H,5-6,8H2,1H3,(H,20,21). The molecule has 1 aromatic carbocycles. The Hall–Kier alpha value is -1.60. The molecule has 1 aliphatic rings. The Morgan fingerprint density at radius 2 is 2.19 bits per heavy atom. The van der Waals surface area contributed by atoms with E-state index >= 15 is 0 Å². The maximum atomic E-state index is 12.8. The molecule has 1 saturated heterocycles. The lowest BCUT2D eigenvalue weighted by Crippen LogP contribution is -2.51. The van der Waals surface area contributed by atoms with Crippen LogP contribution in [0.15, 0.2) is 24.3 Å². The van der Waals surface area contributed by atoms with Gasteiger partial charge in [-0.25, -0.2) is 0 Å². The summed E-state index contributed by atoms with van der Waals surface area (Å²) in [6, 6.07) is 3.60. The average Bonchev–Trinajstić information content (AvgIpc) is 2.38. The number of alkyl halides is 3. The van der Waals surface area contributed by atoms with Crippen LogP contribution >= 0.6 is 0 Å². The fourth-order valence-corrected chi connectivity index (χ4v) is 2.59. The zero-order valence-electron chi connectivity index (χ0n) is 11.5. The molecule has 0 bridgehead atoms. The van der Waals surface area contributed by atoms with Gasteiger partial charge in [0, 0.05) is 25.7 Å². The van der Waals surface area contributed by atoms with E-state index in [0.29, 0.717) is 19.6 Å². The number of rotatable bonds is 3. The van der Waals surface area contributed by atoms with Gasteiger partial charge in [-0.15, -0.1) is 0 Å². The molecule has 21 heavy (non-hydrogen) atoms. The molecule has 7 heteroatoms. The number of hydrogen-bond donors (Lipinski definition) is 2. The second-order valence-corrected chi connectivity index (χ2v) is 5.21. The lowest BCUT2D eigenvalue weighted by atomic mass is 10.0. The minimum Gasteiger partial charge on any atom is -0.480 e. The van der Waals surface area contributed by atoms with Crippen LogP contribution in [0.1, 0.15) is 24.1 Å². The molecule has 2 N–H and O–H groups in total. The highest BCUT2D eigenvalue weighted by atomic mass is 19.4. The summed E-state index contributed by atoms with van der Waals surface area (Å²) >= 11 is 0. The molecule has 116 valence electrons. The first kappa shape index (κ1) is 15.8. The van der Waals surface area contributed by atoms with Crippen molar-refractivity contribution in [2.75, 3.05) is 19.6 Å². The Labute approximate surface area is 120 Å². The van der Waals surface area contributed by atoms with Crippen molar-refractivity contribution in [1.82, 2.24) is 10.2 Å². The zero-order valence-corrected chi connectivity index (χ0v) is 11.5. The average molecular weight is 302 g/mol. The normalized spacial score (nSPS) is 22.0. The first-order valence-corrected chi connectivity index (χ1v) is 6.66. The number of carboxylic acid groups (broad SMARTS) is 1. The van der Waals surface area contributed by atoms with E-state index in [-0.39, 0.29) is 11.6 Å². The molecule has 1 aliphatic heterocycles. The molecular formula is C14H17F3N2O2. The van der Waals surface area contributed by atoms with Gasteiger partial charge >= 0.3 is 12.1 Å². The van der Waals surface area contributed by atoms with Crippen molar-refractivity contribution >= 4 is 5.97 Å². The van der Waals surface area contributed by atoms with Crippen molar-refractivity contribution in [2.24, 2.45) is 0 Å². The van der Waals surface area contributed by atoms with Gasteiger partial charge in [-0.1, -0.05) is 12.1 Å². The van der Waals surface area contributed by atoms with Gasteiger partial charge < -0.3 is 10.4 Å². The first-order chi connectivity index (χ1) is 9.79. The van der Waals surface area contributed by atoms with E-state index in [0.717, 1.165) is 12.1 Å². The number of carboxylic acids is 1. The van der Waals surface area contributed by atoms with E-state index in [4.69, 9.17) is 0 Å². The van der Waals surface area contributed by atoms with Gasteiger partial charge in [0.2, 0.25) is 0 Å². The number of piperazine rings is 1. The zero-order chi connectivity index (χ0) is 15.6. The number of carbonyl (C=O) groups is 1. The Bertz CT molecular complexity index is 519. The van der Waals surface area contributed by atoms with E-state index in [1.54, 1.807) is 4.90 Å². The molecule has 0 amide bonds. The quantitative estimate of drug-likeness (QED) is 0.898. The molecule has 0 spiro atoms. The van der Waals surface area contributed by atoms with Crippen LogP contribution in [-0.2, 0) is 11.0 Å². The molecule has 1 heterocycles. The van der Waals surface area contributed by atoms with Crippen molar-refractivity contribution in [3.05, 3.63) is 35.4 Å². The Morgan fingerprint density at radius 3 is 2.76 bits per heavy atom. The molecule has 2 unspecified atom stereocenters. The summed E-state index contributed by atoms with van der Waals surface area (Å²) in [5.41, 5.74) is -0.666. The Morgan fingerprint density at radius 1 is 1.48 bits per heavy atom. The van der Waals surface area contributed by atoms with Crippen molar-refractivity contribution in [2.45, 2.75) is 25.2 Å². The van der Waals surface area contributed by atoms with Gasteiger partial charge in [0.1, 0.15) is 6.04 Å². The predicted molar refractivity (Wildman–Crippen MR) is 70.9 cm³/mol. The maximum Gasteiger partial charge on any atom is 0.416 e. The number of nitrogens with zero attached hydrogens (tertiary/aromatic N) is 1. The minimum absolute atomic E-state index is 0.103. The fourth-order valence-electron chi connectivity index (χ4n) is 2.59. The largest absolute Gasteiger partial charge is 0.480 e. The van der Waals surface area contributed by atoms with Crippen LogP contribution in [0.4, 0.5) is 13.2 Å². The number of benzene rings is 1. The third kappa shape index (κ3) is 3.74. The molecule has 2 rings (SSSR count). The topological polar surface area (TPSA) is 52.6 Å². The SMILES string of the molecule is CC1CN(C(C(=O)O)c2cccc(C(F)(F)F)c2)CCN1. The lowest BCUT2D eigenvalue weighted by molar-refractivity contribution is -0.144. The van der Waals surface area contributed by atoms with E-state index in [9.17, 15) is 23.1 Å². The van der Waals surface area contributed by atoms with Gasteiger partial charge in [0.25, 0.3) is 0 Å². The third-order valence-electron chi connectivity index (χ3n) is 3.53. The van der Waals surface area contributed by atoms with Gasteiger partial charge in [0.15, 0.2) is 0 Å². The second kappa shape index (κ2) is 6.03. The highest BCUT2D eigenvalue weighted by Crippen LogP contribution is 2.32. The smallest absolute Gasteiger partial charge is 0.416 e. The number of aliphatic carboxylic acids is 1. The van der Waals surface area contributed by atoms with Crippen molar-refractivity contribution in [1.29, 1.82) is 0 Å². The number of nitrogens with one attached hydrogen (secondary N) is 1. The first-order valence-electron chi connectivity index (χ1n) is 6.66. The van der Waals surface area contributed by atoms with Crippen LogP contribution in [-0.4, -0.2) is 41.7 Å². The van der Waals surface area contributed by atoms with Crippen LogP contribution in [0.25, 0.3) is 0 Å². The number of hydrogen-bond acceptors (Lipinski definition) is 3. The summed E-state index contributed by atoms with van der Waals surface area (Å²) in [4.78, 5) is 13.2. The monoisotopic (exact) mass is 302 g/mol. The number of halogens is 3. The molecule has 0 aromatic heterocycles. The molecule has 1 aromatic rings. The van der Waals surface area contributed by atoms with Crippen LogP contribution in [0.3, 0.4) is 0 Å². The van der Waals surface area contributed by atoms with E-state index in [2.05, 4.69) is 5.32 Å². The van der Waals surface area contributed by atoms with E-state index in [1.165, 1.54) is 12.1 Å². The van der Waals surface area contributed by atoms with Crippen molar-refractivity contribution in [3.63, 3.8) is 0 Å². The molecule has 0 aliphatic carbocycles. The second-order valence-electron chi connectivity index (χ2n) is 5.21. The summed E-state index contributed by atoms with van der Waals surface area (Å²) in [6.45, 7) is 3.49. The highest BCUT2D eigenvalue weighted by molar-refractivity contribution is 5.75. The van der Waals surface area contributed by atoms with Crippen molar-refractivity contribution < 1.29 is 23.1 Å². The van der Waals surface area contributed by atoms with Crippen LogP contribution < -0.4 is 5.32 Å². The maximum absolute atomic E-state index is 12.8. The van der Waals surface area contributed by atoms with Gasteiger partial charge in [-0.2, -0.15) is 13.2 Å². The van der Waals surface area contributed by atoms with Crippen LogP contribution in [0, 0.1) is 0 Å². The molecule has 1 fully saturated rings. The molecule has 0 radical (unpaired) electrons. The van der Waals surface area contributed by atoms with E-state index < -0.39 is 23.8 Å². The molecule has 0 saturated carbocycles. The molecule has 2 atom stereocenters. The van der Waals surface area contributed by atoms with Crippen molar-refractivity contribution in [3.8, 4) is 0 Å². The van der Waals surface area contributed by atoms with Crippen LogP contribution in [0.2, 0.25) is 0 Å². The Kier molecular flexibility index (Phi) is 4.53. The summed E-state index contributed by atoms with van der Waals surface area (Å²) in [5.74, 6) is -1.14. The lowest BCUT2D eigenvalue weighted by Gasteiger charge is -2.36. The Balaban J connectivity index is 2.32. The van der Waals surface area contributed by atoms with Gasteiger partial charge in [0.05, 0.1) is 5.56 Å². The van der Waals surface area contributed by atoms with Gasteiger partial charge in [-0.3, -0.25) is 9.69 Å². The summed E-state index contributed by atoms with van der Waals surface area (Å²) < 4.78 is 38.3. The third-order valence-corrected chi connectivity index (χ3v) is 3.53. The highest BCUT2D eigenvalue weighted by Gasteiger charge is 2.34. The summed E-state index contributed by atoms with van der Waals surface area (Å²) in [7, 11) is 0. The van der Waals surface area contributed by atoms with E-state index in [1.807, 2.05) is 6.92 Å². The summed E-state index contributed by atoms with van der Waals surface area (Å²) in [6.07, 6.45) is -4.48. The predicted octanol–water partition coefficient (Wildman–Crippen LogP) is 2.12. The molecule has 4 nitrogen and oxygen atoms in total. The summed E-state index contributed by atoms with van der Waals surface area (Å²) in [5, 5.41) is 12.6. The van der Waals surface area contributed by atoms with Crippen LogP contribution in [0.5, 0.6) is 0 Å². The molecular weight excluding hydrogens is 285 g/mol.